The van der Waals surface area contributed by atoms with Crippen molar-refractivity contribution < 1.29 is 14.3 Å². The van der Waals surface area contributed by atoms with E-state index >= 15 is 0 Å². The second-order valence-electron chi connectivity index (χ2n) is 4.55. The zero-order chi connectivity index (χ0) is 13.0. The summed E-state index contributed by atoms with van der Waals surface area (Å²) in [5.74, 6) is 0.0886. The molecule has 0 aromatic rings. The SMILES string of the molecule is COC(=O)N1CCN(C(=O)[C@@H](N)C(C)C)CC1. The van der Waals surface area contributed by atoms with Crippen LogP contribution in [0.4, 0.5) is 4.79 Å². The van der Waals surface area contributed by atoms with Crippen molar-refractivity contribution in [2.75, 3.05) is 33.3 Å². The Bertz CT molecular complexity index is 286. The molecule has 98 valence electrons. The smallest absolute Gasteiger partial charge is 0.409 e. The van der Waals surface area contributed by atoms with Crippen LogP contribution in [-0.4, -0.2) is 61.1 Å². The minimum atomic E-state index is -0.459. The summed E-state index contributed by atoms with van der Waals surface area (Å²) in [6.07, 6.45) is -0.342. The average Bonchev–Trinajstić information content (AvgIpc) is 2.36. The summed E-state index contributed by atoms with van der Waals surface area (Å²) in [6, 6.07) is -0.459. The van der Waals surface area contributed by atoms with Crippen LogP contribution in [-0.2, 0) is 9.53 Å². The van der Waals surface area contributed by atoms with Gasteiger partial charge in [0.25, 0.3) is 0 Å². The fourth-order valence-corrected chi connectivity index (χ4v) is 1.73. The van der Waals surface area contributed by atoms with E-state index in [1.54, 1.807) is 9.80 Å². The number of methoxy groups -OCH3 is 1. The molecule has 0 bridgehead atoms. The van der Waals surface area contributed by atoms with Crippen LogP contribution in [0.15, 0.2) is 0 Å². The van der Waals surface area contributed by atoms with Crippen molar-refractivity contribution in [3.8, 4) is 0 Å². The predicted octanol–water partition coefficient (Wildman–Crippen LogP) is -0.120. The molecule has 2 amide bonds. The zero-order valence-corrected chi connectivity index (χ0v) is 10.7. The molecule has 1 fully saturated rings. The fraction of sp³-hybridized carbons (Fsp3) is 0.818. The van der Waals surface area contributed by atoms with Crippen LogP contribution >= 0.6 is 0 Å². The molecule has 0 unspecified atom stereocenters. The van der Waals surface area contributed by atoms with E-state index in [0.717, 1.165) is 0 Å². The van der Waals surface area contributed by atoms with E-state index in [2.05, 4.69) is 4.74 Å². The second-order valence-corrected chi connectivity index (χ2v) is 4.55. The van der Waals surface area contributed by atoms with Gasteiger partial charge in [0.15, 0.2) is 0 Å². The lowest BCUT2D eigenvalue weighted by atomic mass is 10.0. The summed E-state index contributed by atoms with van der Waals surface area (Å²) in [6.45, 7) is 5.90. The quantitative estimate of drug-likeness (QED) is 0.733. The molecule has 6 heteroatoms. The highest BCUT2D eigenvalue weighted by molar-refractivity contribution is 5.82. The number of amides is 2. The Kier molecular flexibility index (Phi) is 4.74. The Hall–Kier alpha value is -1.30. The van der Waals surface area contributed by atoms with Gasteiger partial charge in [-0.25, -0.2) is 4.79 Å². The Morgan fingerprint density at radius 1 is 1.12 bits per heavy atom. The Morgan fingerprint density at radius 2 is 1.59 bits per heavy atom. The lowest BCUT2D eigenvalue weighted by molar-refractivity contribution is -0.135. The molecule has 2 N–H and O–H groups in total. The highest BCUT2D eigenvalue weighted by Gasteiger charge is 2.28. The lowest BCUT2D eigenvalue weighted by Gasteiger charge is -2.35. The first-order chi connectivity index (χ1) is 7.97. The van der Waals surface area contributed by atoms with Crippen LogP contribution in [0.25, 0.3) is 0 Å². The summed E-state index contributed by atoms with van der Waals surface area (Å²) in [5, 5.41) is 0. The molecule has 1 aliphatic rings. The minimum absolute atomic E-state index is 0.0375. The first-order valence-electron chi connectivity index (χ1n) is 5.84. The average molecular weight is 243 g/mol. The van der Waals surface area contributed by atoms with E-state index in [1.807, 2.05) is 13.8 Å². The Balaban J connectivity index is 2.47. The second kappa shape index (κ2) is 5.86. The third-order valence-electron chi connectivity index (χ3n) is 3.03. The van der Waals surface area contributed by atoms with Gasteiger partial charge in [-0.15, -0.1) is 0 Å². The Morgan fingerprint density at radius 3 is 2.00 bits per heavy atom. The van der Waals surface area contributed by atoms with Crippen molar-refractivity contribution in [2.24, 2.45) is 11.7 Å². The predicted molar refractivity (Wildman–Crippen MR) is 63.4 cm³/mol. The summed E-state index contributed by atoms with van der Waals surface area (Å²) in [4.78, 5) is 26.5. The standard InChI is InChI=1S/C11H21N3O3/c1-8(2)9(12)10(15)13-4-6-14(7-5-13)11(16)17-3/h8-9H,4-7,12H2,1-3H3/t9-/m0/s1. The van der Waals surface area contributed by atoms with Gasteiger partial charge in [-0.2, -0.15) is 0 Å². The van der Waals surface area contributed by atoms with E-state index < -0.39 is 6.04 Å². The van der Waals surface area contributed by atoms with Gasteiger partial charge in [-0.1, -0.05) is 13.8 Å². The number of hydrogen-bond acceptors (Lipinski definition) is 4. The Labute approximate surface area is 102 Å². The first-order valence-corrected chi connectivity index (χ1v) is 5.84. The molecule has 17 heavy (non-hydrogen) atoms. The number of piperazine rings is 1. The van der Waals surface area contributed by atoms with Crippen molar-refractivity contribution in [1.29, 1.82) is 0 Å². The maximum Gasteiger partial charge on any atom is 0.409 e. The number of rotatable bonds is 2. The van der Waals surface area contributed by atoms with Crippen LogP contribution in [0.1, 0.15) is 13.8 Å². The van der Waals surface area contributed by atoms with E-state index in [1.165, 1.54) is 7.11 Å². The molecule has 0 aromatic heterocycles. The van der Waals surface area contributed by atoms with Crippen molar-refractivity contribution in [3.63, 3.8) is 0 Å². The van der Waals surface area contributed by atoms with Gasteiger partial charge in [0.1, 0.15) is 0 Å². The fourth-order valence-electron chi connectivity index (χ4n) is 1.73. The van der Waals surface area contributed by atoms with Gasteiger partial charge in [-0.3, -0.25) is 4.79 Å². The number of nitrogens with zero attached hydrogens (tertiary/aromatic N) is 2. The van der Waals surface area contributed by atoms with Crippen LogP contribution in [0, 0.1) is 5.92 Å². The number of nitrogens with two attached hydrogens (primary N) is 1. The molecule has 1 heterocycles. The third-order valence-corrected chi connectivity index (χ3v) is 3.03. The molecular weight excluding hydrogens is 222 g/mol. The summed E-state index contributed by atoms with van der Waals surface area (Å²) in [7, 11) is 1.36. The van der Waals surface area contributed by atoms with E-state index in [0.29, 0.717) is 26.2 Å². The number of hydrogen-bond donors (Lipinski definition) is 1. The highest BCUT2D eigenvalue weighted by Crippen LogP contribution is 2.08. The molecule has 0 radical (unpaired) electrons. The van der Waals surface area contributed by atoms with E-state index in [9.17, 15) is 9.59 Å². The molecule has 0 spiro atoms. The maximum absolute atomic E-state index is 12.0. The molecule has 1 aliphatic heterocycles. The molecular formula is C11H21N3O3. The molecule has 1 rings (SSSR count). The number of ether oxygens (including phenoxy) is 1. The first kappa shape index (κ1) is 13.8. The molecule has 0 aliphatic carbocycles. The van der Waals surface area contributed by atoms with Crippen molar-refractivity contribution in [3.05, 3.63) is 0 Å². The van der Waals surface area contributed by atoms with Crippen molar-refractivity contribution >= 4 is 12.0 Å². The van der Waals surface area contributed by atoms with Gasteiger partial charge in [0.2, 0.25) is 5.91 Å². The molecule has 6 nitrogen and oxygen atoms in total. The van der Waals surface area contributed by atoms with Gasteiger partial charge in [-0.05, 0) is 5.92 Å². The van der Waals surface area contributed by atoms with Crippen LogP contribution in [0.5, 0.6) is 0 Å². The summed E-state index contributed by atoms with van der Waals surface area (Å²) >= 11 is 0. The summed E-state index contributed by atoms with van der Waals surface area (Å²) < 4.78 is 4.63. The van der Waals surface area contributed by atoms with E-state index in [-0.39, 0.29) is 17.9 Å². The number of carbonyl (C=O) groups excluding carboxylic acids is 2. The van der Waals surface area contributed by atoms with Crippen molar-refractivity contribution in [1.82, 2.24) is 9.80 Å². The van der Waals surface area contributed by atoms with Crippen LogP contribution in [0.3, 0.4) is 0 Å². The maximum atomic E-state index is 12.0. The highest BCUT2D eigenvalue weighted by atomic mass is 16.5. The monoisotopic (exact) mass is 243 g/mol. The molecule has 1 saturated heterocycles. The van der Waals surface area contributed by atoms with Gasteiger partial charge in [0, 0.05) is 26.2 Å². The van der Waals surface area contributed by atoms with Gasteiger partial charge >= 0.3 is 6.09 Å². The van der Waals surface area contributed by atoms with Crippen molar-refractivity contribution in [2.45, 2.75) is 19.9 Å². The number of carbonyl (C=O) groups is 2. The lowest BCUT2D eigenvalue weighted by Crippen LogP contribution is -2.55. The molecule has 0 saturated carbocycles. The largest absolute Gasteiger partial charge is 0.453 e. The summed E-state index contributed by atoms with van der Waals surface area (Å²) in [5.41, 5.74) is 5.82. The topological polar surface area (TPSA) is 75.9 Å². The zero-order valence-electron chi connectivity index (χ0n) is 10.7. The molecule has 1 atom stereocenters. The van der Waals surface area contributed by atoms with Gasteiger partial charge in [0.05, 0.1) is 13.2 Å². The van der Waals surface area contributed by atoms with Crippen LogP contribution in [0.2, 0.25) is 0 Å². The normalized spacial score (nSPS) is 18.2. The van der Waals surface area contributed by atoms with Crippen LogP contribution < -0.4 is 5.73 Å². The third kappa shape index (κ3) is 3.33. The van der Waals surface area contributed by atoms with Gasteiger partial charge < -0.3 is 20.3 Å². The molecule has 0 aromatic carbocycles. The minimum Gasteiger partial charge on any atom is -0.453 e. The van der Waals surface area contributed by atoms with E-state index in [4.69, 9.17) is 5.73 Å².